The van der Waals surface area contributed by atoms with Crippen LogP contribution in [0.1, 0.15) is 12.0 Å². The van der Waals surface area contributed by atoms with Crippen LogP contribution in [-0.4, -0.2) is 54.8 Å². The highest BCUT2D eigenvalue weighted by Gasteiger charge is 2.12. The van der Waals surface area contributed by atoms with Crippen molar-refractivity contribution in [3.05, 3.63) is 36.0 Å². The van der Waals surface area contributed by atoms with E-state index in [0.29, 0.717) is 13.0 Å². The van der Waals surface area contributed by atoms with Gasteiger partial charge in [-0.25, -0.2) is 0 Å². The standard InChI is InChI=1S/C18H25N3O2/c1-20-14-15(16-4-2-3-5-17(16)20)6-8-19-18(22)7-9-21-10-12-23-13-11-21/h2-5,14H,6-13H2,1H3,(H,19,22). The van der Waals surface area contributed by atoms with Gasteiger partial charge < -0.3 is 14.6 Å². The maximum Gasteiger partial charge on any atom is 0.221 e. The Hall–Kier alpha value is -1.85. The highest BCUT2D eigenvalue weighted by molar-refractivity contribution is 5.84. The highest BCUT2D eigenvalue weighted by atomic mass is 16.5. The van der Waals surface area contributed by atoms with Gasteiger partial charge in [0.1, 0.15) is 0 Å². The summed E-state index contributed by atoms with van der Waals surface area (Å²) < 4.78 is 7.46. The normalized spacial score (nSPS) is 15.9. The molecule has 0 saturated carbocycles. The van der Waals surface area contributed by atoms with Crippen LogP contribution >= 0.6 is 0 Å². The van der Waals surface area contributed by atoms with Gasteiger partial charge in [-0.05, 0) is 18.1 Å². The van der Waals surface area contributed by atoms with E-state index in [0.717, 1.165) is 39.3 Å². The Labute approximate surface area is 137 Å². The molecule has 1 fully saturated rings. The van der Waals surface area contributed by atoms with E-state index in [9.17, 15) is 4.79 Å². The van der Waals surface area contributed by atoms with Gasteiger partial charge in [-0.2, -0.15) is 0 Å². The zero-order chi connectivity index (χ0) is 16.1. The van der Waals surface area contributed by atoms with E-state index in [1.807, 2.05) is 0 Å². The van der Waals surface area contributed by atoms with E-state index in [1.165, 1.54) is 16.5 Å². The van der Waals surface area contributed by atoms with Crippen LogP contribution in [0.3, 0.4) is 0 Å². The van der Waals surface area contributed by atoms with Gasteiger partial charge in [0.05, 0.1) is 13.2 Å². The predicted molar refractivity (Wildman–Crippen MR) is 91.5 cm³/mol. The van der Waals surface area contributed by atoms with Gasteiger partial charge in [0.15, 0.2) is 0 Å². The van der Waals surface area contributed by atoms with E-state index in [-0.39, 0.29) is 5.91 Å². The molecule has 3 rings (SSSR count). The van der Waals surface area contributed by atoms with E-state index in [2.05, 4.69) is 52.3 Å². The number of rotatable bonds is 6. The molecule has 1 aromatic carbocycles. The van der Waals surface area contributed by atoms with Gasteiger partial charge in [0, 0.05) is 56.7 Å². The summed E-state index contributed by atoms with van der Waals surface area (Å²) >= 11 is 0. The average Bonchev–Trinajstić information content (AvgIpc) is 2.91. The van der Waals surface area contributed by atoms with Gasteiger partial charge in [0.25, 0.3) is 0 Å². The number of nitrogens with zero attached hydrogens (tertiary/aromatic N) is 2. The quantitative estimate of drug-likeness (QED) is 0.880. The molecule has 0 unspecified atom stereocenters. The Kier molecular flexibility index (Phi) is 5.31. The molecule has 0 atom stereocenters. The molecular weight excluding hydrogens is 290 g/mol. The maximum atomic E-state index is 12.0. The Balaban J connectivity index is 1.44. The van der Waals surface area contributed by atoms with Gasteiger partial charge in [-0.1, -0.05) is 18.2 Å². The van der Waals surface area contributed by atoms with Gasteiger partial charge in [-0.3, -0.25) is 9.69 Å². The zero-order valence-electron chi connectivity index (χ0n) is 13.8. The number of ether oxygens (including phenoxy) is 1. The number of hydrogen-bond donors (Lipinski definition) is 1. The average molecular weight is 315 g/mol. The van der Waals surface area contributed by atoms with Crippen molar-refractivity contribution in [1.29, 1.82) is 0 Å². The first-order valence-electron chi connectivity index (χ1n) is 8.34. The molecule has 5 nitrogen and oxygen atoms in total. The monoisotopic (exact) mass is 315 g/mol. The van der Waals surface area contributed by atoms with E-state index in [4.69, 9.17) is 4.74 Å². The maximum absolute atomic E-state index is 12.0. The molecular formula is C18H25N3O2. The number of morpholine rings is 1. The summed E-state index contributed by atoms with van der Waals surface area (Å²) in [6, 6.07) is 8.39. The third-order valence-electron chi connectivity index (χ3n) is 4.45. The summed E-state index contributed by atoms with van der Waals surface area (Å²) in [5.41, 5.74) is 2.53. The molecule has 0 bridgehead atoms. The lowest BCUT2D eigenvalue weighted by Crippen LogP contribution is -2.39. The molecule has 0 aliphatic carbocycles. The van der Waals surface area contributed by atoms with Crippen LogP contribution in [-0.2, 0) is 23.0 Å². The molecule has 1 N–H and O–H groups in total. The van der Waals surface area contributed by atoms with Crippen molar-refractivity contribution in [2.45, 2.75) is 12.8 Å². The van der Waals surface area contributed by atoms with Gasteiger partial charge in [-0.15, -0.1) is 0 Å². The highest BCUT2D eigenvalue weighted by Crippen LogP contribution is 2.20. The molecule has 1 amide bonds. The Bertz CT molecular complexity index is 659. The largest absolute Gasteiger partial charge is 0.379 e. The minimum Gasteiger partial charge on any atom is -0.379 e. The van der Waals surface area contributed by atoms with Crippen molar-refractivity contribution in [2.75, 3.05) is 39.4 Å². The molecule has 124 valence electrons. The minimum atomic E-state index is 0.136. The topological polar surface area (TPSA) is 46.5 Å². The number of aromatic nitrogens is 1. The number of amides is 1. The number of hydrogen-bond acceptors (Lipinski definition) is 3. The number of para-hydroxylation sites is 1. The van der Waals surface area contributed by atoms with Crippen molar-refractivity contribution in [3.8, 4) is 0 Å². The van der Waals surface area contributed by atoms with Crippen LogP contribution < -0.4 is 5.32 Å². The molecule has 1 aliphatic rings. The second kappa shape index (κ2) is 7.62. The third kappa shape index (κ3) is 4.12. The lowest BCUT2D eigenvalue weighted by molar-refractivity contribution is -0.121. The SMILES string of the molecule is Cn1cc(CCNC(=O)CCN2CCOCC2)c2ccccc21. The van der Waals surface area contributed by atoms with E-state index >= 15 is 0 Å². The second-order valence-corrected chi connectivity index (χ2v) is 6.09. The Morgan fingerprint density at radius 3 is 2.87 bits per heavy atom. The lowest BCUT2D eigenvalue weighted by Gasteiger charge is -2.26. The molecule has 23 heavy (non-hydrogen) atoms. The summed E-state index contributed by atoms with van der Waals surface area (Å²) in [6.07, 6.45) is 3.59. The molecule has 1 aliphatic heterocycles. The second-order valence-electron chi connectivity index (χ2n) is 6.09. The Morgan fingerprint density at radius 1 is 1.26 bits per heavy atom. The number of nitrogens with one attached hydrogen (secondary N) is 1. The fraction of sp³-hybridized carbons (Fsp3) is 0.500. The predicted octanol–water partition coefficient (Wildman–Crippen LogP) is 1.56. The fourth-order valence-corrected chi connectivity index (χ4v) is 3.13. The van der Waals surface area contributed by atoms with Crippen LogP contribution in [0.25, 0.3) is 10.9 Å². The van der Waals surface area contributed by atoms with Gasteiger partial charge >= 0.3 is 0 Å². The summed E-state index contributed by atoms with van der Waals surface area (Å²) in [4.78, 5) is 14.3. The number of benzene rings is 1. The van der Waals surface area contributed by atoms with Crippen LogP contribution in [0.15, 0.2) is 30.5 Å². The molecule has 5 heteroatoms. The van der Waals surface area contributed by atoms with Crippen molar-refractivity contribution in [2.24, 2.45) is 7.05 Å². The molecule has 2 heterocycles. The number of fused-ring (bicyclic) bond motifs is 1. The summed E-state index contributed by atoms with van der Waals surface area (Å²) in [5, 5.41) is 4.31. The van der Waals surface area contributed by atoms with Crippen LogP contribution in [0, 0.1) is 0 Å². The first-order chi connectivity index (χ1) is 11.2. The first kappa shape index (κ1) is 16.0. The van der Waals surface area contributed by atoms with E-state index in [1.54, 1.807) is 0 Å². The first-order valence-corrected chi connectivity index (χ1v) is 8.34. The number of carbonyl (C=O) groups excluding carboxylic acids is 1. The van der Waals surface area contributed by atoms with Crippen LogP contribution in [0.2, 0.25) is 0 Å². The van der Waals surface area contributed by atoms with Crippen LogP contribution in [0.4, 0.5) is 0 Å². The lowest BCUT2D eigenvalue weighted by atomic mass is 10.1. The van der Waals surface area contributed by atoms with Crippen molar-refractivity contribution in [3.63, 3.8) is 0 Å². The van der Waals surface area contributed by atoms with E-state index < -0.39 is 0 Å². The summed E-state index contributed by atoms with van der Waals surface area (Å²) in [5.74, 6) is 0.136. The smallest absolute Gasteiger partial charge is 0.221 e. The molecule has 2 aromatic rings. The molecule has 1 saturated heterocycles. The Morgan fingerprint density at radius 2 is 2.04 bits per heavy atom. The fourth-order valence-electron chi connectivity index (χ4n) is 3.13. The zero-order valence-corrected chi connectivity index (χ0v) is 13.8. The summed E-state index contributed by atoms with van der Waals surface area (Å²) in [7, 11) is 2.06. The van der Waals surface area contributed by atoms with Crippen LogP contribution in [0.5, 0.6) is 0 Å². The van der Waals surface area contributed by atoms with Crippen molar-refractivity contribution < 1.29 is 9.53 Å². The minimum absolute atomic E-state index is 0.136. The number of aryl methyl sites for hydroxylation is 1. The van der Waals surface area contributed by atoms with Crippen molar-refractivity contribution in [1.82, 2.24) is 14.8 Å². The number of carbonyl (C=O) groups is 1. The third-order valence-corrected chi connectivity index (χ3v) is 4.45. The van der Waals surface area contributed by atoms with Gasteiger partial charge in [0.2, 0.25) is 5.91 Å². The van der Waals surface area contributed by atoms with Crippen molar-refractivity contribution >= 4 is 16.8 Å². The molecule has 0 radical (unpaired) electrons. The summed E-state index contributed by atoms with van der Waals surface area (Å²) in [6.45, 7) is 4.94. The molecule has 1 aromatic heterocycles. The molecule has 0 spiro atoms.